The van der Waals surface area contributed by atoms with Gasteiger partial charge in [0.25, 0.3) is 0 Å². The molecule has 0 amide bonds. The van der Waals surface area contributed by atoms with Crippen LogP contribution < -0.4 is 10.6 Å². The SMILES string of the molecule is CCNC(=NCC(C)(O)c1cccs1)NCCn1cc(C)cn1. The first-order chi connectivity index (χ1) is 11.0. The number of aryl methyl sites for hydroxylation is 1. The maximum absolute atomic E-state index is 10.5. The molecule has 0 aliphatic rings. The van der Waals surface area contributed by atoms with Crippen molar-refractivity contribution in [3.63, 3.8) is 0 Å². The molecule has 1 unspecified atom stereocenters. The summed E-state index contributed by atoms with van der Waals surface area (Å²) in [4.78, 5) is 5.42. The molecule has 23 heavy (non-hydrogen) atoms. The van der Waals surface area contributed by atoms with Crippen LogP contribution in [-0.2, 0) is 12.1 Å². The Morgan fingerprint density at radius 2 is 2.30 bits per heavy atom. The van der Waals surface area contributed by atoms with Gasteiger partial charge in [-0.2, -0.15) is 5.10 Å². The molecule has 126 valence electrons. The number of nitrogens with one attached hydrogen (secondary N) is 2. The minimum absolute atomic E-state index is 0.309. The van der Waals surface area contributed by atoms with Crippen LogP contribution in [0.15, 0.2) is 34.9 Å². The van der Waals surface area contributed by atoms with Crippen molar-refractivity contribution in [1.29, 1.82) is 0 Å². The normalized spacial score (nSPS) is 14.5. The number of aromatic nitrogens is 2. The smallest absolute Gasteiger partial charge is 0.191 e. The van der Waals surface area contributed by atoms with E-state index in [2.05, 4.69) is 20.7 Å². The molecule has 0 fully saturated rings. The second kappa shape index (κ2) is 8.12. The summed E-state index contributed by atoms with van der Waals surface area (Å²) in [6.07, 6.45) is 3.85. The molecule has 2 aromatic heterocycles. The molecular formula is C16H25N5OS. The molecule has 0 saturated heterocycles. The lowest BCUT2D eigenvalue weighted by Gasteiger charge is -2.20. The van der Waals surface area contributed by atoms with E-state index in [9.17, 15) is 5.11 Å². The largest absolute Gasteiger partial charge is 0.383 e. The lowest BCUT2D eigenvalue weighted by Crippen LogP contribution is -2.40. The molecule has 2 heterocycles. The van der Waals surface area contributed by atoms with Crippen molar-refractivity contribution < 1.29 is 5.11 Å². The van der Waals surface area contributed by atoms with Gasteiger partial charge in [-0.25, -0.2) is 4.99 Å². The van der Waals surface area contributed by atoms with Crippen molar-refractivity contribution in [2.45, 2.75) is 32.9 Å². The first-order valence-corrected chi connectivity index (χ1v) is 8.67. The molecule has 2 rings (SSSR count). The van der Waals surface area contributed by atoms with E-state index >= 15 is 0 Å². The fourth-order valence-corrected chi connectivity index (χ4v) is 2.90. The average molecular weight is 335 g/mol. The van der Waals surface area contributed by atoms with Crippen molar-refractivity contribution in [2.24, 2.45) is 4.99 Å². The van der Waals surface area contributed by atoms with Gasteiger partial charge in [-0.3, -0.25) is 4.68 Å². The van der Waals surface area contributed by atoms with E-state index in [-0.39, 0.29) is 0 Å². The van der Waals surface area contributed by atoms with Crippen molar-refractivity contribution >= 4 is 17.3 Å². The molecule has 2 aromatic rings. The van der Waals surface area contributed by atoms with Gasteiger partial charge in [0.1, 0.15) is 5.60 Å². The Balaban J connectivity index is 1.89. The fourth-order valence-electron chi connectivity index (χ4n) is 2.12. The minimum atomic E-state index is -0.949. The summed E-state index contributed by atoms with van der Waals surface area (Å²) in [5.74, 6) is 0.702. The monoisotopic (exact) mass is 335 g/mol. The lowest BCUT2D eigenvalue weighted by atomic mass is 10.1. The van der Waals surface area contributed by atoms with Gasteiger partial charge in [0.2, 0.25) is 0 Å². The number of aliphatic hydroxyl groups is 1. The Labute approximate surface area is 141 Å². The first kappa shape index (κ1) is 17.5. The summed E-state index contributed by atoms with van der Waals surface area (Å²) in [6.45, 7) is 8.39. The van der Waals surface area contributed by atoms with Crippen LogP contribution >= 0.6 is 11.3 Å². The molecule has 6 nitrogen and oxygen atoms in total. The second-order valence-electron chi connectivity index (χ2n) is 5.65. The molecule has 3 N–H and O–H groups in total. The Morgan fingerprint density at radius 3 is 2.91 bits per heavy atom. The highest BCUT2D eigenvalue weighted by molar-refractivity contribution is 7.10. The van der Waals surface area contributed by atoms with Gasteiger partial charge >= 0.3 is 0 Å². The van der Waals surface area contributed by atoms with E-state index < -0.39 is 5.60 Å². The molecule has 0 radical (unpaired) electrons. The van der Waals surface area contributed by atoms with Crippen LogP contribution in [0.4, 0.5) is 0 Å². The number of rotatable bonds is 7. The van der Waals surface area contributed by atoms with E-state index in [1.807, 2.05) is 48.4 Å². The van der Waals surface area contributed by atoms with Crippen LogP contribution in [0.1, 0.15) is 24.3 Å². The molecule has 0 aliphatic heterocycles. The zero-order chi connectivity index (χ0) is 16.7. The quantitative estimate of drug-likeness (QED) is 0.532. The number of thiophene rings is 1. The summed E-state index contributed by atoms with van der Waals surface area (Å²) >= 11 is 1.54. The van der Waals surface area contributed by atoms with Crippen LogP contribution in [0.2, 0.25) is 0 Å². The molecule has 7 heteroatoms. The molecule has 0 aliphatic carbocycles. The van der Waals surface area contributed by atoms with Crippen LogP contribution in [0.5, 0.6) is 0 Å². The second-order valence-corrected chi connectivity index (χ2v) is 6.60. The number of nitrogens with zero attached hydrogens (tertiary/aromatic N) is 3. The van der Waals surface area contributed by atoms with Crippen LogP contribution in [0.3, 0.4) is 0 Å². The van der Waals surface area contributed by atoms with Crippen LogP contribution in [0, 0.1) is 6.92 Å². The number of guanidine groups is 1. The standard InChI is InChI=1S/C16H25N5OS/c1-4-17-15(18-7-8-21-11-13(2)10-20-21)19-12-16(3,22)14-6-5-9-23-14/h5-6,9-11,22H,4,7-8,12H2,1-3H3,(H2,17,18,19). The predicted octanol–water partition coefficient (Wildman–Crippen LogP) is 1.72. The van der Waals surface area contributed by atoms with Gasteiger partial charge in [0, 0.05) is 24.2 Å². The van der Waals surface area contributed by atoms with Crippen molar-refractivity contribution in [3.8, 4) is 0 Å². The number of hydrogen-bond donors (Lipinski definition) is 3. The van der Waals surface area contributed by atoms with Crippen molar-refractivity contribution in [1.82, 2.24) is 20.4 Å². The minimum Gasteiger partial charge on any atom is -0.383 e. The Hall–Kier alpha value is -1.86. The number of hydrogen-bond acceptors (Lipinski definition) is 4. The van der Waals surface area contributed by atoms with Gasteiger partial charge < -0.3 is 15.7 Å². The van der Waals surface area contributed by atoms with Gasteiger partial charge in [-0.05, 0) is 37.8 Å². The maximum Gasteiger partial charge on any atom is 0.191 e. The molecule has 0 aromatic carbocycles. The van der Waals surface area contributed by atoms with E-state index in [0.29, 0.717) is 19.0 Å². The topological polar surface area (TPSA) is 74.5 Å². The third-order valence-corrected chi connectivity index (χ3v) is 4.46. The van der Waals surface area contributed by atoms with Crippen molar-refractivity contribution in [3.05, 3.63) is 40.3 Å². The fraction of sp³-hybridized carbons (Fsp3) is 0.500. The summed E-state index contributed by atoms with van der Waals surface area (Å²) in [6, 6.07) is 3.87. The Morgan fingerprint density at radius 1 is 1.48 bits per heavy atom. The van der Waals surface area contributed by atoms with Crippen LogP contribution in [0.25, 0.3) is 0 Å². The molecular weight excluding hydrogens is 310 g/mol. The average Bonchev–Trinajstić information content (AvgIpc) is 3.17. The molecule has 0 saturated carbocycles. The van der Waals surface area contributed by atoms with E-state index in [0.717, 1.165) is 23.5 Å². The molecule has 0 bridgehead atoms. The summed E-state index contributed by atoms with van der Waals surface area (Å²) in [7, 11) is 0. The van der Waals surface area contributed by atoms with Gasteiger partial charge in [-0.15, -0.1) is 11.3 Å². The third-order valence-electron chi connectivity index (χ3n) is 3.34. The zero-order valence-corrected chi connectivity index (χ0v) is 14.7. The Kier molecular flexibility index (Phi) is 6.18. The van der Waals surface area contributed by atoms with Crippen molar-refractivity contribution in [2.75, 3.05) is 19.6 Å². The van der Waals surface area contributed by atoms with Gasteiger partial charge in [0.15, 0.2) is 5.96 Å². The zero-order valence-electron chi connectivity index (χ0n) is 13.9. The summed E-state index contributed by atoms with van der Waals surface area (Å²) < 4.78 is 1.90. The number of aliphatic imine (C=N–C) groups is 1. The highest BCUT2D eigenvalue weighted by atomic mass is 32.1. The molecule has 1 atom stereocenters. The van der Waals surface area contributed by atoms with Crippen LogP contribution in [-0.4, -0.2) is 40.5 Å². The highest BCUT2D eigenvalue weighted by Crippen LogP contribution is 2.25. The highest BCUT2D eigenvalue weighted by Gasteiger charge is 2.23. The maximum atomic E-state index is 10.5. The first-order valence-electron chi connectivity index (χ1n) is 7.79. The van der Waals surface area contributed by atoms with E-state index in [1.165, 1.54) is 0 Å². The predicted molar refractivity (Wildman–Crippen MR) is 94.8 cm³/mol. The van der Waals surface area contributed by atoms with E-state index in [1.54, 1.807) is 18.3 Å². The Bertz CT molecular complexity index is 618. The van der Waals surface area contributed by atoms with Gasteiger partial charge in [0.05, 0.1) is 19.3 Å². The van der Waals surface area contributed by atoms with E-state index in [4.69, 9.17) is 0 Å². The van der Waals surface area contributed by atoms with Gasteiger partial charge in [-0.1, -0.05) is 6.07 Å². The molecule has 0 spiro atoms. The summed E-state index contributed by atoms with van der Waals surface area (Å²) in [5.41, 5.74) is 0.202. The third kappa shape index (κ3) is 5.37. The summed E-state index contributed by atoms with van der Waals surface area (Å²) in [5, 5.41) is 23.2. The lowest BCUT2D eigenvalue weighted by molar-refractivity contribution is 0.0711.